The molecule has 1 aromatic heterocycles. The maximum absolute atomic E-state index is 11.1. The fourth-order valence-corrected chi connectivity index (χ4v) is 4.82. The smallest absolute Gasteiger partial charge is 0.340 e. The summed E-state index contributed by atoms with van der Waals surface area (Å²) in [4.78, 5) is 19.8. The lowest BCUT2D eigenvalue weighted by Gasteiger charge is -2.24. The van der Waals surface area contributed by atoms with Crippen LogP contribution in [0.3, 0.4) is 0 Å². The molecule has 1 aliphatic heterocycles. The van der Waals surface area contributed by atoms with Gasteiger partial charge in [-0.25, -0.2) is 4.79 Å². The Balaban J connectivity index is 0.000000204. The Labute approximate surface area is 208 Å². The summed E-state index contributed by atoms with van der Waals surface area (Å²) in [6, 6.07) is 17.7. The zero-order valence-electron chi connectivity index (χ0n) is 21.1. The van der Waals surface area contributed by atoms with Gasteiger partial charge in [0.25, 0.3) is 0 Å². The number of ether oxygens (including phenoxy) is 1. The number of nitrogens with one attached hydrogen (secondary N) is 1. The van der Waals surface area contributed by atoms with Crippen LogP contribution in [0, 0.1) is 0 Å². The second kappa shape index (κ2) is 11.7. The van der Waals surface area contributed by atoms with Crippen LogP contribution >= 0.6 is 0 Å². The van der Waals surface area contributed by atoms with E-state index < -0.39 is 0 Å². The molecule has 2 aromatic carbocycles. The lowest BCUT2D eigenvalue weighted by atomic mass is 9.91. The van der Waals surface area contributed by atoms with E-state index in [-0.39, 0.29) is 5.97 Å². The molecule has 0 spiro atoms. The van der Waals surface area contributed by atoms with Crippen LogP contribution < -0.4 is 15.1 Å². The van der Waals surface area contributed by atoms with Gasteiger partial charge in [-0.2, -0.15) is 0 Å². The summed E-state index contributed by atoms with van der Waals surface area (Å²) >= 11 is 0. The number of anilines is 4. The van der Waals surface area contributed by atoms with Gasteiger partial charge in [0.05, 0.1) is 24.6 Å². The largest absolute Gasteiger partial charge is 0.465 e. The third kappa shape index (κ3) is 5.94. The van der Waals surface area contributed by atoms with Crippen molar-refractivity contribution in [2.45, 2.75) is 38.5 Å². The molecule has 0 atom stereocenters. The van der Waals surface area contributed by atoms with Crippen molar-refractivity contribution in [1.29, 1.82) is 0 Å². The van der Waals surface area contributed by atoms with Crippen molar-refractivity contribution >= 4 is 28.7 Å². The van der Waals surface area contributed by atoms with Crippen molar-refractivity contribution in [1.82, 2.24) is 4.98 Å². The number of carbonyl (C=O) groups is 1. The summed E-state index contributed by atoms with van der Waals surface area (Å²) in [5, 5.41) is 2.85. The molecule has 0 bridgehead atoms. The lowest BCUT2D eigenvalue weighted by Crippen LogP contribution is -2.17. The topological polar surface area (TPSA) is 57.7 Å². The standard InChI is InChI=1S/C21H26N2.C8H10N2O2/c1-22(21-9-8-17-6-2-3-7-18(17)16-21)19-10-12-20(13-11-19)23-14-4-5-15-23;1-9-7-5-10-4-3-6(7)8(11)12-2/h8-13,16H,2-7,14-15H2,1H3;3-5,9H,1-2H3. The number of carbonyl (C=O) groups excluding carboxylic acids is 1. The molecule has 1 saturated heterocycles. The van der Waals surface area contributed by atoms with Crippen LogP contribution in [0.1, 0.15) is 47.2 Å². The van der Waals surface area contributed by atoms with Gasteiger partial charge in [-0.05, 0) is 92.1 Å². The minimum absolute atomic E-state index is 0.359. The number of hydrogen-bond donors (Lipinski definition) is 1. The predicted molar refractivity (Wildman–Crippen MR) is 144 cm³/mol. The van der Waals surface area contributed by atoms with E-state index in [1.807, 2.05) is 0 Å². The number of benzene rings is 2. The number of aromatic nitrogens is 1. The van der Waals surface area contributed by atoms with Crippen LogP contribution in [0.15, 0.2) is 60.9 Å². The van der Waals surface area contributed by atoms with Crippen LogP contribution in [-0.2, 0) is 17.6 Å². The van der Waals surface area contributed by atoms with E-state index in [9.17, 15) is 4.79 Å². The first-order valence-electron chi connectivity index (χ1n) is 12.5. The lowest BCUT2D eigenvalue weighted by molar-refractivity contribution is 0.0601. The molecule has 184 valence electrons. The first-order chi connectivity index (χ1) is 17.1. The molecule has 1 N–H and O–H groups in total. The Morgan fingerprint density at radius 2 is 1.63 bits per heavy atom. The molecular formula is C29H36N4O2. The fourth-order valence-electron chi connectivity index (χ4n) is 4.82. The molecule has 3 aromatic rings. The van der Waals surface area contributed by atoms with Gasteiger partial charge in [-0.15, -0.1) is 0 Å². The SMILES string of the molecule is CN(c1ccc(N2CCCC2)cc1)c1ccc2c(c1)CCCC2.CNc1cnccc1C(=O)OC. The molecule has 2 heterocycles. The van der Waals surface area contributed by atoms with Gasteiger partial charge in [0.1, 0.15) is 0 Å². The highest BCUT2D eigenvalue weighted by Crippen LogP contribution is 2.31. The summed E-state index contributed by atoms with van der Waals surface area (Å²) in [6.07, 6.45) is 11.0. The fraction of sp³-hybridized carbons (Fsp3) is 0.379. The zero-order valence-corrected chi connectivity index (χ0v) is 21.1. The molecule has 0 radical (unpaired) electrons. The molecule has 35 heavy (non-hydrogen) atoms. The van der Waals surface area contributed by atoms with E-state index in [4.69, 9.17) is 0 Å². The first kappa shape index (κ1) is 24.6. The molecular weight excluding hydrogens is 436 g/mol. The van der Waals surface area contributed by atoms with Crippen molar-refractivity contribution in [2.75, 3.05) is 49.4 Å². The molecule has 6 heteroatoms. The summed E-state index contributed by atoms with van der Waals surface area (Å²) in [6.45, 7) is 2.42. The van der Waals surface area contributed by atoms with Gasteiger partial charge >= 0.3 is 5.97 Å². The normalized spacial score (nSPS) is 14.4. The number of hydrogen-bond acceptors (Lipinski definition) is 6. The quantitative estimate of drug-likeness (QED) is 0.471. The van der Waals surface area contributed by atoms with Gasteiger partial charge < -0.3 is 19.9 Å². The molecule has 6 nitrogen and oxygen atoms in total. The average molecular weight is 473 g/mol. The Morgan fingerprint density at radius 1 is 0.943 bits per heavy atom. The van der Waals surface area contributed by atoms with E-state index in [1.54, 1.807) is 36.6 Å². The van der Waals surface area contributed by atoms with E-state index in [2.05, 4.69) is 74.3 Å². The summed E-state index contributed by atoms with van der Waals surface area (Å²) < 4.78 is 4.57. The van der Waals surface area contributed by atoms with Crippen molar-refractivity contribution in [3.8, 4) is 0 Å². The van der Waals surface area contributed by atoms with Crippen LogP contribution in [0.25, 0.3) is 0 Å². The molecule has 5 rings (SSSR count). The highest BCUT2D eigenvalue weighted by Gasteiger charge is 2.14. The van der Waals surface area contributed by atoms with Gasteiger partial charge in [0, 0.05) is 50.4 Å². The summed E-state index contributed by atoms with van der Waals surface area (Å²) in [5.74, 6) is -0.359. The maximum atomic E-state index is 11.1. The minimum atomic E-state index is -0.359. The van der Waals surface area contributed by atoms with Crippen molar-refractivity contribution in [2.24, 2.45) is 0 Å². The molecule has 0 unspecified atom stereocenters. The number of methoxy groups -OCH3 is 1. The Hall–Kier alpha value is -3.54. The van der Waals surface area contributed by atoms with Crippen LogP contribution in [0.2, 0.25) is 0 Å². The third-order valence-electron chi connectivity index (χ3n) is 6.92. The molecule has 0 amide bonds. The van der Waals surface area contributed by atoms with Gasteiger partial charge in [0.2, 0.25) is 0 Å². The van der Waals surface area contributed by atoms with E-state index in [1.165, 1.54) is 75.8 Å². The highest BCUT2D eigenvalue weighted by atomic mass is 16.5. The van der Waals surface area contributed by atoms with Crippen molar-refractivity contribution < 1.29 is 9.53 Å². The zero-order chi connectivity index (χ0) is 24.6. The first-order valence-corrected chi connectivity index (χ1v) is 12.5. The number of nitrogens with zero attached hydrogens (tertiary/aromatic N) is 3. The number of esters is 1. The second-order valence-electron chi connectivity index (χ2n) is 9.09. The molecule has 0 saturated carbocycles. The Morgan fingerprint density at radius 3 is 2.31 bits per heavy atom. The second-order valence-corrected chi connectivity index (χ2v) is 9.09. The number of rotatable bonds is 5. The van der Waals surface area contributed by atoms with E-state index >= 15 is 0 Å². The molecule has 1 fully saturated rings. The van der Waals surface area contributed by atoms with E-state index in [0.717, 1.165) is 0 Å². The number of pyridine rings is 1. The summed E-state index contributed by atoms with van der Waals surface area (Å²) in [7, 11) is 5.25. The summed E-state index contributed by atoms with van der Waals surface area (Å²) in [5.41, 5.74) is 8.21. The van der Waals surface area contributed by atoms with Crippen molar-refractivity contribution in [3.63, 3.8) is 0 Å². The van der Waals surface area contributed by atoms with Gasteiger partial charge in [-0.3, -0.25) is 4.98 Å². The Kier molecular flexibility index (Phi) is 8.24. The van der Waals surface area contributed by atoms with E-state index in [0.29, 0.717) is 11.3 Å². The van der Waals surface area contributed by atoms with Crippen molar-refractivity contribution in [3.05, 3.63) is 77.6 Å². The highest BCUT2D eigenvalue weighted by molar-refractivity contribution is 5.95. The van der Waals surface area contributed by atoms with Crippen LogP contribution in [0.4, 0.5) is 22.7 Å². The predicted octanol–water partition coefficient (Wildman–Crippen LogP) is 5.84. The van der Waals surface area contributed by atoms with Gasteiger partial charge in [-0.1, -0.05) is 6.07 Å². The minimum Gasteiger partial charge on any atom is -0.465 e. The maximum Gasteiger partial charge on any atom is 0.340 e. The third-order valence-corrected chi connectivity index (χ3v) is 6.92. The van der Waals surface area contributed by atoms with Gasteiger partial charge in [0.15, 0.2) is 0 Å². The molecule has 1 aliphatic carbocycles. The van der Waals surface area contributed by atoms with Crippen LogP contribution in [0.5, 0.6) is 0 Å². The number of aryl methyl sites for hydroxylation is 2. The average Bonchev–Trinajstić information content (AvgIpc) is 3.47. The Bertz CT molecular complexity index is 1120. The molecule has 2 aliphatic rings. The monoisotopic (exact) mass is 472 g/mol. The number of fused-ring (bicyclic) bond motifs is 1. The van der Waals surface area contributed by atoms with Crippen LogP contribution in [-0.4, -0.2) is 45.2 Å².